The molecule has 0 fully saturated rings. The van der Waals surface area contributed by atoms with Gasteiger partial charge in [-0.1, -0.05) is 121 Å². The van der Waals surface area contributed by atoms with Crippen LogP contribution in [0.3, 0.4) is 0 Å². The summed E-state index contributed by atoms with van der Waals surface area (Å²) in [6.45, 7) is 0. The highest BCUT2D eigenvalue weighted by molar-refractivity contribution is 5.91. The molecule has 8 aromatic carbocycles. The van der Waals surface area contributed by atoms with Crippen LogP contribution in [-0.2, 0) is 5.41 Å². The van der Waals surface area contributed by atoms with Gasteiger partial charge in [-0.3, -0.25) is 9.97 Å². The highest BCUT2D eigenvalue weighted by Gasteiger charge is 2.51. The average molecular weight is 873 g/mol. The summed E-state index contributed by atoms with van der Waals surface area (Å²) in [5.74, 6) is 2.91. The van der Waals surface area contributed by atoms with Gasteiger partial charge in [0.1, 0.15) is 22.5 Å². The van der Waals surface area contributed by atoms with Crippen molar-refractivity contribution in [2.75, 3.05) is 0 Å². The Hall–Kier alpha value is -9.20. The van der Waals surface area contributed by atoms with Crippen molar-refractivity contribution in [1.29, 1.82) is 0 Å². The van der Waals surface area contributed by atoms with Crippen LogP contribution in [0.4, 0.5) is 0 Å². The van der Waals surface area contributed by atoms with Crippen molar-refractivity contribution >= 4 is 22.2 Å². The molecule has 0 atom stereocenters. The zero-order valence-electron chi connectivity index (χ0n) is 36.3. The highest BCUT2D eigenvalue weighted by Crippen LogP contribution is 2.62. The minimum absolute atomic E-state index is 0.527. The summed E-state index contributed by atoms with van der Waals surface area (Å²) in [4.78, 5) is 17.8. The van der Waals surface area contributed by atoms with E-state index in [9.17, 15) is 0 Å². The lowest BCUT2D eigenvalue weighted by atomic mass is 9.66. The van der Waals surface area contributed by atoms with Crippen LogP contribution in [0.5, 0.6) is 11.5 Å². The van der Waals surface area contributed by atoms with Gasteiger partial charge in [0.25, 0.3) is 0 Å². The van der Waals surface area contributed by atoms with E-state index in [0.717, 1.165) is 89.3 Å². The standard InChI is InChI=1S/C61H36N4O3/c1-2-8-49-47(7-1)48-26-25-43(34-52(48)61(49)50-9-3-5-11-55(50)66-56-12-6-4-10-51(56)61)37-13-15-38(16-14-37)44-31-45(39-17-21-41(22-18-39)59-64-53-35-62-29-27-57(53)67-59)33-46(32-44)40-19-23-42(24-20-40)60-65-54-36-63-30-28-58(54)68-60/h1-36H. The minimum atomic E-state index is -0.527. The average Bonchev–Trinajstić information content (AvgIpc) is 4.13. The van der Waals surface area contributed by atoms with Crippen LogP contribution in [-0.4, -0.2) is 19.9 Å². The first-order valence-corrected chi connectivity index (χ1v) is 22.6. The van der Waals surface area contributed by atoms with E-state index < -0.39 is 5.41 Å². The predicted octanol–water partition coefficient (Wildman–Crippen LogP) is 15.2. The summed E-state index contributed by atoms with van der Waals surface area (Å²) < 4.78 is 18.7. The summed E-state index contributed by atoms with van der Waals surface area (Å²) in [5, 5.41) is 0. The van der Waals surface area contributed by atoms with Gasteiger partial charge in [-0.2, -0.15) is 0 Å². The number of hydrogen-bond acceptors (Lipinski definition) is 7. The number of para-hydroxylation sites is 2. The summed E-state index contributed by atoms with van der Waals surface area (Å²) in [6, 6.07) is 69.1. The molecule has 1 spiro atoms. The van der Waals surface area contributed by atoms with Crippen LogP contribution >= 0.6 is 0 Å². The molecule has 0 amide bonds. The molecule has 5 heterocycles. The molecule has 0 unspecified atom stereocenters. The zero-order chi connectivity index (χ0) is 44.8. The Kier molecular flexibility index (Phi) is 8.36. The van der Waals surface area contributed by atoms with E-state index in [4.69, 9.17) is 13.6 Å². The van der Waals surface area contributed by atoms with Gasteiger partial charge in [0.05, 0.1) is 17.8 Å². The first kappa shape index (κ1) is 38.1. The van der Waals surface area contributed by atoms with Gasteiger partial charge in [0.2, 0.25) is 11.8 Å². The second kappa shape index (κ2) is 14.9. The van der Waals surface area contributed by atoms with Gasteiger partial charge in [-0.25, -0.2) is 9.97 Å². The molecule has 0 bridgehead atoms. The van der Waals surface area contributed by atoms with Gasteiger partial charge < -0.3 is 13.6 Å². The fourth-order valence-electron chi connectivity index (χ4n) is 10.4. The van der Waals surface area contributed by atoms with Crippen molar-refractivity contribution in [1.82, 2.24) is 19.9 Å². The normalized spacial score (nSPS) is 12.9. The molecule has 12 aromatic rings. The third kappa shape index (κ3) is 5.92. The number of fused-ring (bicyclic) bond motifs is 11. The molecule has 1 aliphatic carbocycles. The second-order valence-electron chi connectivity index (χ2n) is 17.4. The number of rotatable bonds is 6. The van der Waals surface area contributed by atoms with Crippen LogP contribution in [0.2, 0.25) is 0 Å². The molecule has 7 nitrogen and oxygen atoms in total. The number of benzene rings is 8. The van der Waals surface area contributed by atoms with E-state index in [1.807, 2.05) is 12.1 Å². The van der Waals surface area contributed by atoms with E-state index in [1.165, 1.54) is 22.3 Å². The SMILES string of the molecule is c1ccc2c(c1)Oc1ccccc1C21c2ccccc2-c2ccc(-c3ccc(-c4cc(-c5ccc(-c6nc7cnccc7o6)cc5)cc(-c5ccc(-c6nc7cnccc7o6)cc5)c4)cc3)cc21. The number of nitrogens with zero attached hydrogens (tertiary/aromatic N) is 4. The Morgan fingerprint density at radius 2 is 0.735 bits per heavy atom. The molecule has 0 N–H and O–H groups in total. The van der Waals surface area contributed by atoms with Crippen LogP contribution < -0.4 is 4.74 Å². The topological polar surface area (TPSA) is 87.1 Å². The largest absolute Gasteiger partial charge is 0.457 e. The fraction of sp³-hybridized carbons (Fsp3) is 0.0164. The van der Waals surface area contributed by atoms with E-state index >= 15 is 0 Å². The molecular formula is C61H36N4O3. The van der Waals surface area contributed by atoms with Crippen LogP contribution in [0, 0.1) is 0 Å². The van der Waals surface area contributed by atoms with Gasteiger partial charge in [-0.05, 0) is 127 Å². The molecule has 318 valence electrons. The van der Waals surface area contributed by atoms with Gasteiger partial charge >= 0.3 is 0 Å². The Morgan fingerprint density at radius 1 is 0.324 bits per heavy atom. The fourth-order valence-corrected chi connectivity index (χ4v) is 10.4. The Balaban J connectivity index is 0.856. The molecule has 14 rings (SSSR count). The summed E-state index contributed by atoms with van der Waals surface area (Å²) in [5.41, 5.74) is 20.4. The number of pyridine rings is 2. The smallest absolute Gasteiger partial charge is 0.227 e. The molecule has 7 heteroatoms. The van der Waals surface area contributed by atoms with E-state index in [0.29, 0.717) is 22.9 Å². The Labute approximate surface area is 390 Å². The summed E-state index contributed by atoms with van der Waals surface area (Å²) >= 11 is 0. The zero-order valence-corrected chi connectivity index (χ0v) is 36.3. The summed E-state index contributed by atoms with van der Waals surface area (Å²) in [7, 11) is 0. The van der Waals surface area contributed by atoms with Gasteiger partial charge in [0, 0.05) is 46.8 Å². The highest BCUT2D eigenvalue weighted by atomic mass is 16.5. The molecular weight excluding hydrogens is 837 g/mol. The Morgan fingerprint density at radius 3 is 1.24 bits per heavy atom. The van der Waals surface area contributed by atoms with Crippen LogP contribution in [0.15, 0.2) is 228 Å². The molecule has 4 aromatic heterocycles. The quantitative estimate of drug-likeness (QED) is 0.164. The van der Waals surface area contributed by atoms with E-state index in [2.05, 4.69) is 202 Å². The van der Waals surface area contributed by atoms with Crippen molar-refractivity contribution in [3.05, 3.63) is 241 Å². The third-order valence-corrected chi connectivity index (χ3v) is 13.6. The lowest BCUT2D eigenvalue weighted by molar-refractivity contribution is 0.436. The van der Waals surface area contributed by atoms with Crippen molar-refractivity contribution < 1.29 is 13.6 Å². The molecule has 0 saturated heterocycles. The van der Waals surface area contributed by atoms with Crippen LogP contribution in [0.25, 0.3) is 101 Å². The maximum Gasteiger partial charge on any atom is 0.227 e. The lowest BCUT2D eigenvalue weighted by Crippen LogP contribution is -2.32. The molecule has 1 aliphatic heterocycles. The summed E-state index contributed by atoms with van der Waals surface area (Å²) in [6.07, 6.45) is 6.87. The maximum atomic E-state index is 6.59. The third-order valence-electron chi connectivity index (χ3n) is 13.6. The first-order valence-electron chi connectivity index (χ1n) is 22.6. The minimum Gasteiger partial charge on any atom is -0.457 e. The molecule has 68 heavy (non-hydrogen) atoms. The van der Waals surface area contributed by atoms with Crippen molar-refractivity contribution in [3.8, 4) is 90.0 Å². The van der Waals surface area contributed by atoms with Crippen molar-refractivity contribution in [3.63, 3.8) is 0 Å². The number of hydrogen-bond donors (Lipinski definition) is 0. The predicted molar refractivity (Wildman–Crippen MR) is 267 cm³/mol. The number of ether oxygens (including phenoxy) is 1. The molecule has 0 saturated carbocycles. The van der Waals surface area contributed by atoms with Gasteiger partial charge in [0.15, 0.2) is 11.2 Å². The Bertz CT molecular complexity index is 3700. The van der Waals surface area contributed by atoms with Gasteiger partial charge in [-0.15, -0.1) is 0 Å². The number of oxazole rings is 2. The second-order valence-corrected chi connectivity index (χ2v) is 17.4. The molecule has 0 radical (unpaired) electrons. The number of aromatic nitrogens is 4. The monoisotopic (exact) mass is 872 g/mol. The van der Waals surface area contributed by atoms with E-state index in [-0.39, 0.29) is 0 Å². The molecule has 2 aliphatic rings. The first-order chi connectivity index (χ1) is 33.6. The van der Waals surface area contributed by atoms with Crippen molar-refractivity contribution in [2.24, 2.45) is 0 Å². The lowest BCUT2D eigenvalue weighted by Gasteiger charge is -2.39. The van der Waals surface area contributed by atoms with E-state index in [1.54, 1.807) is 24.8 Å². The van der Waals surface area contributed by atoms with Crippen LogP contribution in [0.1, 0.15) is 22.3 Å². The maximum absolute atomic E-state index is 6.59. The van der Waals surface area contributed by atoms with Crippen molar-refractivity contribution in [2.45, 2.75) is 5.41 Å².